The Labute approximate surface area is 113 Å². The molecule has 9 nitrogen and oxygen atoms in total. The third kappa shape index (κ3) is 3.72. The van der Waals surface area contributed by atoms with E-state index in [4.69, 9.17) is 5.11 Å². The number of benzene rings is 1. The number of non-ortho nitro benzene ring substituents is 2. The molecule has 1 aromatic rings. The smallest absolute Gasteiger partial charge is 0.277 e. The quantitative estimate of drug-likeness (QED) is 0.590. The van der Waals surface area contributed by atoms with E-state index in [0.717, 1.165) is 18.2 Å². The second-order valence-electron chi connectivity index (χ2n) is 4.01. The number of amides is 1. The zero-order chi connectivity index (χ0) is 15.3. The van der Waals surface area contributed by atoms with Crippen LogP contribution in [0.3, 0.4) is 0 Å². The van der Waals surface area contributed by atoms with Crippen LogP contribution in [0.4, 0.5) is 11.4 Å². The molecule has 1 rings (SSSR count). The van der Waals surface area contributed by atoms with Gasteiger partial charge in [-0.05, 0) is 6.42 Å². The fourth-order valence-electron chi connectivity index (χ4n) is 1.48. The van der Waals surface area contributed by atoms with E-state index in [-0.39, 0.29) is 12.2 Å². The van der Waals surface area contributed by atoms with Gasteiger partial charge in [-0.15, -0.1) is 0 Å². The Hall–Kier alpha value is -2.55. The summed E-state index contributed by atoms with van der Waals surface area (Å²) in [5.74, 6) is -0.710. The minimum atomic E-state index is -0.812. The lowest BCUT2D eigenvalue weighted by molar-refractivity contribution is -0.394. The van der Waals surface area contributed by atoms with Crippen LogP contribution in [0.1, 0.15) is 23.7 Å². The van der Waals surface area contributed by atoms with E-state index in [2.05, 4.69) is 5.32 Å². The van der Waals surface area contributed by atoms with Crippen LogP contribution >= 0.6 is 0 Å². The number of nitro benzene ring substituents is 2. The summed E-state index contributed by atoms with van der Waals surface area (Å²) in [5, 5.41) is 32.8. The van der Waals surface area contributed by atoms with Crippen LogP contribution in [0.15, 0.2) is 18.2 Å². The molecule has 2 N–H and O–H groups in total. The highest BCUT2D eigenvalue weighted by molar-refractivity contribution is 5.95. The third-order valence-corrected chi connectivity index (χ3v) is 2.63. The molecule has 108 valence electrons. The molecule has 0 aliphatic rings. The molecule has 0 unspecified atom stereocenters. The molecule has 0 heterocycles. The number of carbonyl (C=O) groups is 1. The highest BCUT2D eigenvalue weighted by Crippen LogP contribution is 2.22. The third-order valence-electron chi connectivity index (χ3n) is 2.63. The molecule has 0 bridgehead atoms. The van der Waals surface area contributed by atoms with Crippen LogP contribution < -0.4 is 5.32 Å². The fraction of sp³-hybridized carbons (Fsp3) is 0.364. The van der Waals surface area contributed by atoms with E-state index < -0.39 is 33.2 Å². The minimum absolute atomic E-state index is 0.196. The first-order valence-corrected chi connectivity index (χ1v) is 5.74. The summed E-state index contributed by atoms with van der Waals surface area (Å²) in [6.07, 6.45) is 0.458. The Balaban J connectivity index is 3.13. The predicted octanol–water partition coefficient (Wildman–Crippen LogP) is 1.00. The van der Waals surface area contributed by atoms with Crippen molar-refractivity contribution in [1.29, 1.82) is 0 Å². The van der Waals surface area contributed by atoms with Gasteiger partial charge in [0.15, 0.2) is 0 Å². The van der Waals surface area contributed by atoms with Crippen molar-refractivity contribution in [2.45, 2.75) is 19.4 Å². The van der Waals surface area contributed by atoms with Crippen molar-refractivity contribution in [3.8, 4) is 0 Å². The van der Waals surface area contributed by atoms with Gasteiger partial charge in [0.2, 0.25) is 0 Å². The maximum absolute atomic E-state index is 11.9. The number of nitro groups is 2. The number of aliphatic hydroxyl groups excluding tert-OH is 1. The Morgan fingerprint density at radius 1 is 1.25 bits per heavy atom. The summed E-state index contributed by atoms with van der Waals surface area (Å²) in [7, 11) is 0. The van der Waals surface area contributed by atoms with Gasteiger partial charge in [0.05, 0.1) is 34.1 Å². The maximum atomic E-state index is 11.9. The number of hydrogen-bond acceptors (Lipinski definition) is 6. The van der Waals surface area contributed by atoms with Crippen molar-refractivity contribution in [3.63, 3.8) is 0 Å². The molecule has 20 heavy (non-hydrogen) atoms. The van der Waals surface area contributed by atoms with Gasteiger partial charge in [0, 0.05) is 12.1 Å². The van der Waals surface area contributed by atoms with Crippen LogP contribution in [-0.2, 0) is 0 Å². The Kier molecular flexibility index (Phi) is 5.09. The molecule has 0 aliphatic carbocycles. The zero-order valence-electron chi connectivity index (χ0n) is 10.6. The molecule has 0 spiro atoms. The van der Waals surface area contributed by atoms with Gasteiger partial charge >= 0.3 is 0 Å². The summed E-state index contributed by atoms with van der Waals surface area (Å²) in [4.78, 5) is 31.6. The molecule has 1 aromatic carbocycles. The Morgan fingerprint density at radius 2 is 1.75 bits per heavy atom. The van der Waals surface area contributed by atoms with E-state index >= 15 is 0 Å². The average Bonchev–Trinajstić information content (AvgIpc) is 2.43. The molecule has 0 aromatic heterocycles. The van der Waals surface area contributed by atoms with Crippen molar-refractivity contribution in [3.05, 3.63) is 44.0 Å². The Bertz CT molecular complexity index is 509. The van der Waals surface area contributed by atoms with Gasteiger partial charge < -0.3 is 10.4 Å². The van der Waals surface area contributed by atoms with Gasteiger partial charge in [0.1, 0.15) is 0 Å². The lowest BCUT2D eigenvalue weighted by atomic mass is 10.1. The highest BCUT2D eigenvalue weighted by Gasteiger charge is 2.20. The number of carbonyl (C=O) groups excluding carboxylic acids is 1. The van der Waals surface area contributed by atoms with Gasteiger partial charge in [-0.2, -0.15) is 0 Å². The second kappa shape index (κ2) is 6.57. The molecular formula is C11H13N3O6. The predicted molar refractivity (Wildman–Crippen MR) is 68.4 cm³/mol. The molecule has 0 saturated carbocycles. The van der Waals surface area contributed by atoms with E-state index in [9.17, 15) is 25.0 Å². The standard InChI is InChI=1S/C11H13N3O6/c1-2-8(6-15)12-11(16)7-3-9(13(17)18)5-10(4-7)14(19)20/h3-5,8,15H,2,6H2,1H3,(H,12,16)/t8-/m0/s1. The minimum Gasteiger partial charge on any atom is -0.394 e. The molecular weight excluding hydrogens is 270 g/mol. The van der Waals surface area contributed by atoms with Crippen LogP contribution in [0.2, 0.25) is 0 Å². The summed E-state index contributed by atoms with van der Waals surface area (Å²) in [5.41, 5.74) is -1.28. The first kappa shape index (κ1) is 15.5. The molecule has 0 saturated heterocycles. The van der Waals surface area contributed by atoms with E-state index in [0.29, 0.717) is 6.42 Å². The Morgan fingerprint density at radius 3 is 2.10 bits per heavy atom. The summed E-state index contributed by atoms with van der Waals surface area (Å²) >= 11 is 0. The van der Waals surface area contributed by atoms with Crippen molar-refractivity contribution in [2.75, 3.05) is 6.61 Å². The van der Waals surface area contributed by atoms with Gasteiger partial charge in [-0.25, -0.2) is 0 Å². The fourth-order valence-corrected chi connectivity index (χ4v) is 1.48. The normalized spacial score (nSPS) is 11.7. The number of aliphatic hydroxyl groups is 1. The van der Waals surface area contributed by atoms with Crippen LogP contribution in [0.5, 0.6) is 0 Å². The highest BCUT2D eigenvalue weighted by atomic mass is 16.6. The molecule has 9 heteroatoms. The molecule has 0 radical (unpaired) electrons. The van der Waals surface area contributed by atoms with Crippen molar-refractivity contribution < 1.29 is 19.7 Å². The van der Waals surface area contributed by atoms with Gasteiger partial charge in [-0.1, -0.05) is 6.92 Å². The van der Waals surface area contributed by atoms with Crippen LogP contribution in [-0.4, -0.2) is 33.5 Å². The SMILES string of the molecule is CC[C@@H](CO)NC(=O)c1cc([N+](=O)[O-])cc([N+](=O)[O-])c1. The van der Waals surface area contributed by atoms with Crippen molar-refractivity contribution in [1.82, 2.24) is 5.32 Å². The lowest BCUT2D eigenvalue weighted by Gasteiger charge is -2.13. The number of nitrogens with one attached hydrogen (secondary N) is 1. The molecule has 0 aliphatic heterocycles. The van der Waals surface area contributed by atoms with Gasteiger partial charge in [-0.3, -0.25) is 25.0 Å². The first-order chi connectivity index (χ1) is 9.38. The maximum Gasteiger partial charge on any atom is 0.277 e. The van der Waals surface area contributed by atoms with E-state index in [1.165, 1.54) is 0 Å². The van der Waals surface area contributed by atoms with Gasteiger partial charge in [0.25, 0.3) is 17.3 Å². The zero-order valence-corrected chi connectivity index (χ0v) is 10.6. The molecule has 1 atom stereocenters. The van der Waals surface area contributed by atoms with Crippen LogP contribution in [0.25, 0.3) is 0 Å². The second-order valence-corrected chi connectivity index (χ2v) is 4.01. The first-order valence-electron chi connectivity index (χ1n) is 5.74. The number of nitrogens with zero attached hydrogens (tertiary/aromatic N) is 2. The molecule has 1 amide bonds. The summed E-state index contributed by atoms with van der Waals surface area (Å²) < 4.78 is 0. The number of hydrogen-bond donors (Lipinski definition) is 2. The topological polar surface area (TPSA) is 136 Å². The summed E-state index contributed by atoms with van der Waals surface area (Å²) in [6.45, 7) is 1.44. The largest absolute Gasteiger partial charge is 0.394 e. The number of rotatable bonds is 6. The van der Waals surface area contributed by atoms with Crippen molar-refractivity contribution >= 4 is 17.3 Å². The average molecular weight is 283 g/mol. The van der Waals surface area contributed by atoms with E-state index in [1.807, 2.05) is 0 Å². The molecule has 0 fully saturated rings. The van der Waals surface area contributed by atoms with Crippen molar-refractivity contribution in [2.24, 2.45) is 0 Å². The van der Waals surface area contributed by atoms with E-state index in [1.54, 1.807) is 6.92 Å². The summed E-state index contributed by atoms with van der Waals surface area (Å²) in [6, 6.07) is 2.17. The monoisotopic (exact) mass is 283 g/mol. The lowest BCUT2D eigenvalue weighted by Crippen LogP contribution is -2.36. The van der Waals surface area contributed by atoms with Crippen LogP contribution in [0, 0.1) is 20.2 Å².